The van der Waals surface area contributed by atoms with E-state index in [0.29, 0.717) is 31.2 Å². The predicted molar refractivity (Wildman–Crippen MR) is 192 cm³/mol. The number of nitrogens with one attached hydrogen (secondary N) is 2. The molecule has 1 aliphatic rings. The fourth-order valence-electron chi connectivity index (χ4n) is 3.71. The standard InChI is InChI=1S/2C11H11Cl2NO2.C11H9Cl2NO.H2O/c2*12-9(10(13)11(15)16)7-14-6-8-4-2-1-3-5-8;12-9-7-14(11(15)10(9)13)6-8-4-2-1-3-5-8;/h2*1-5,14H,6-7H2,(H,15,16);1-5H,6-7H2;1H2/p-1/b2*10-9-;;. The van der Waals surface area contributed by atoms with E-state index in [4.69, 9.17) is 79.8 Å². The Hall–Kier alpha value is -3.09. The Kier molecular flexibility index (Phi) is 20.8. The van der Waals surface area contributed by atoms with Crippen LogP contribution in [-0.4, -0.2) is 58.1 Å². The number of carbonyl (C=O) groups is 3. The maximum absolute atomic E-state index is 11.6. The lowest BCUT2D eigenvalue weighted by molar-refractivity contribution is -0.132. The predicted octanol–water partition coefficient (Wildman–Crippen LogP) is 7.64. The van der Waals surface area contributed by atoms with Crippen LogP contribution >= 0.6 is 69.6 Å². The first-order chi connectivity index (χ1) is 22.4. The molecule has 0 spiro atoms. The van der Waals surface area contributed by atoms with E-state index in [1.807, 2.05) is 91.0 Å². The van der Waals surface area contributed by atoms with Gasteiger partial charge in [0.05, 0.1) is 21.6 Å². The van der Waals surface area contributed by atoms with Crippen LogP contribution in [0.15, 0.2) is 121 Å². The van der Waals surface area contributed by atoms with Crippen LogP contribution in [0.3, 0.4) is 0 Å². The number of halogens is 6. The van der Waals surface area contributed by atoms with Gasteiger partial charge in [-0.1, -0.05) is 161 Å². The van der Waals surface area contributed by atoms with Crippen LogP contribution in [-0.2, 0) is 34.0 Å². The monoisotopic (exact) mass is 776 g/mol. The maximum Gasteiger partial charge on any atom is 0.348 e. The van der Waals surface area contributed by atoms with E-state index in [-0.39, 0.29) is 49.6 Å². The summed E-state index contributed by atoms with van der Waals surface area (Å²) in [7, 11) is 0. The van der Waals surface area contributed by atoms with E-state index in [2.05, 4.69) is 10.6 Å². The molecule has 3 aromatic rings. The number of benzene rings is 3. The third-order valence-corrected chi connectivity index (χ3v) is 8.43. The first-order valence-electron chi connectivity index (χ1n) is 13.8. The van der Waals surface area contributed by atoms with Gasteiger partial charge in [-0.15, -0.1) is 0 Å². The topological polar surface area (TPSA) is 149 Å². The molecule has 0 aliphatic carbocycles. The zero-order chi connectivity index (χ0) is 34.8. The lowest BCUT2D eigenvalue weighted by atomic mass is 10.2. The molecule has 0 unspecified atom stereocenters. The van der Waals surface area contributed by atoms with Gasteiger partial charge in [0.25, 0.3) is 5.91 Å². The van der Waals surface area contributed by atoms with Crippen LogP contribution in [0.1, 0.15) is 16.7 Å². The third-order valence-electron chi connectivity index (χ3n) is 6.02. The van der Waals surface area contributed by atoms with Gasteiger partial charge in [0.1, 0.15) is 15.1 Å². The summed E-state index contributed by atoms with van der Waals surface area (Å²) in [6.07, 6.45) is 0. The Morgan fingerprint density at radius 3 is 1.31 bits per heavy atom. The van der Waals surface area contributed by atoms with Gasteiger partial charge < -0.3 is 31.2 Å². The lowest BCUT2D eigenvalue weighted by Gasteiger charge is -2.15. The van der Waals surface area contributed by atoms with Crippen LogP contribution in [0.25, 0.3) is 0 Å². The van der Waals surface area contributed by atoms with Crippen LogP contribution in [0.5, 0.6) is 0 Å². The number of aliphatic carboxylic acids is 2. The molecule has 1 amide bonds. The molecule has 0 saturated carbocycles. The van der Waals surface area contributed by atoms with Crippen molar-refractivity contribution in [1.29, 1.82) is 0 Å². The zero-order valence-electron chi connectivity index (χ0n) is 25.2. The largest absolute Gasteiger partial charge is 0.870 e. The number of amides is 1. The maximum atomic E-state index is 11.6. The van der Waals surface area contributed by atoms with Gasteiger partial charge in [0.2, 0.25) is 0 Å². The highest BCUT2D eigenvalue weighted by Gasteiger charge is 2.27. The van der Waals surface area contributed by atoms with Crippen molar-refractivity contribution in [3.05, 3.63) is 138 Å². The molecule has 0 saturated heterocycles. The number of carboxylic acids is 2. The average molecular weight is 779 g/mol. The van der Waals surface area contributed by atoms with Crippen molar-refractivity contribution in [2.45, 2.75) is 19.6 Å². The van der Waals surface area contributed by atoms with E-state index < -0.39 is 11.9 Å². The number of hydrogen-bond donors (Lipinski definition) is 4. The van der Waals surface area contributed by atoms with E-state index in [9.17, 15) is 14.4 Å². The molecule has 1 heterocycles. The second kappa shape index (κ2) is 23.3. The quantitative estimate of drug-likeness (QED) is 0.137. The van der Waals surface area contributed by atoms with Crippen molar-refractivity contribution in [3.8, 4) is 0 Å². The number of carbonyl (C=O) groups excluding carboxylic acids is 1. The van der Waals surface area contributed by atoms with Gasteiger partial charge >= 0.3 is 11.9 Å². The average Bonchev–Trinajstić information content (AvgIpc) is 3.31. The minimum atomic E-state index is -1.21. The number of rotatable bonds is 12. The molecule has 0 aromatic heterocycles. The van der Waals surface area contributed by atoms with E-state index in [0.717, 1.165) is 16.7 Å². The minimum Gasteiger partial charge on any atom is -0.870 e. The molecule has 48 heavy (non-hydrogen) atoms. The highest BCUT2D eigenvalue weighted by atomic mass is 35.5. The zero-order valence-corrected chi connectivity index (χ0v) is 29.7. The fourth-order valence-corrected chi connectivity index (χ4v) is 4.60. The highest BCUT2D eigenvalue weighted by Crippen LogP contribution is 2.26. The SMILES string of the molecule is O=C(O)/C(Cl)=C(/Cl)CNCc1ccccc1.O=C(O)/C(Cl)=C(/Cl)CNCc1ccccc1.O=C1C(Cl)=C(Cl)CN1Cc1ccccc1.[OH-]. The molecule has 4 rings (SSSR count). The number of carboxylic acid groups (broad SMARTS) is 2. The summed E-state index contributed by atoms with van der Waals surface area (Å²) in [5, 5.41) is 23.2. The summed E-state index contributed by atoms with van der Waals surface area (Å²) < 4.78 is 0. The summed E-state index contributed by atoms with van der Waals surface area (Å²) in [4.78, 5) is 34.1. The second-order valence-corrected chi connectivity index (χ2v) is 12.1. The summed E-state index contributed by atoms with van der Waals surface area (Å²) in [6.45, 7) is 2.66. The summed E-state index contributed by atoms with van der Waals surface area (Å²) in [5.41, 5.74) is 3.26. The molecule has 0 fully saturated rings. The van der Waals surface area contributed by atoms with Crippen LogP contribution in [0.2, 0.25) is 0 Å². The normalized spacial score (nSPS) is 13.2. The van der Waals surface area contributed by atoms with Gasteiger partial charge in [-0.2, -0.15) is 0 Å². The summed E-state index contributed by atoms with van der Waals surface area (Å²) in [6, 6.07) is 29.2. The molecule has 0 atom stereocenters. The second-order valence-electron chi connectivity index (χ2n) is 9.59. The summed E-state index contributed by atoms with van der Waals surface area (Å²) in [5.74, 6) is -2.62. The van der Waals surface area contributed by atoms with Gasteiger partial charge in [0, 0.05) is 32.7 Å². The lowest BCUT2D eigenvalue weighted by Crippen LogP contribution is -2.25. The molecule has 258 valence electrons. The van der Waals surface area contributed by atoms with Crippen LogP contribution < -0.4 is 10.6 Å². The van der Waals surface area contributed by atoms with Crippen molar-refractivity contribution in [3.63, 3.8) is 0 Å². The Bertz CT molecular complexity index is 1490. The molecular formula is C33H32Cl6N3O6-. The minimum absolute atomic E-state index is 0. The molecule has 3 aromatic carbocycles. The van der Waals surface area contributed by atoms with E-state index in [1.54, 1.807) is 4.90 Å². The van der Waals surface area contributed by atoms with E-state index >= 15 is 0 Å². The van der Waals surface area contributed by atoms with Crippen molar-refractivity contribution < 1.29 is 30.1 Å². The number of hydrogen-bond acceptors (Lipinski definition) is 6. The van der Waals surface area contributed by atoms with E-state index in [1.165, 1.54) is 0 Å². The molecular weight excluding hydrogens is 747 g/mol. The molecule has 5 N–H and O–H groups in total. The van der Waals surface area contributed by atoms with Gasteiger partial charge in [0.15, 0.2) is 0 Å². The van der Waals surface area contributed by atoms with Gasteiger partial charge in [-0.05, 0) is 16.7 Å². The molecule has 1 aliphatic heterocycles. The van der Waals surface area contributed by atoms with Crippen molar-refractivity contribution >= 4 is 87.5 Å². The Balaban J connectivity index is 0.000000356. The van der Waals surface area contributed by atoms with Gasteiger partial charge in [-0.3, -0.25) is 4.79 Å². The highest BCUT2D eigenvalue weighted by molar-refractivity contribution is 6.49. The van der Waals surface area contributed by atoms with Crippen molar-refractivity contribution in [1.82, 2.24) is 15.5 Å². The Labute approximate surface area is 308 Å². The number of nitrogens with zero attached hydrogens (tertiary/aromatic N) is 1. The van der Waals surface area contributed by atoms with Crippen LogP contribution in [0, 0.1) is 0 Å². The molecule has 15 heteroatoms. The van der Waals surface area contributed by atoms with Gasteiger partial charge in [-0.25, -0.2) is 9.59 Å². The Morgan fingerprint density at radius 1 is 0.646 bits per heavy atom. The smallest absolute Gasteiger partial charge is 0.348 e. The Morgan fingerprint density at radius 2 is 1.00 bits per heavy atom. The third kappa shape index (κ3) is 15.9. The van der Waals surface area contributed by atoms with Crippen molar-refractivity contribution in [2.75, 3.05) is 19.6 Å². The summed E-state index contributed by atoms with van der Waals surface area (Å²) >= 11 is 33.8. The molecule has 9 nitrogen and oxygen atoms in total. The fraction of sp³-hybridized carbons (Fsp3) is 0.182. The first kappa shape index (κ1) is 42.9. The molecule has 0 radical (unpaired) electrons. The van der Waals surface area contributed by atoms with Crippen molar-refractivity contribution in [2.24, 2.45) is 0 Å². The molecule has 0 bridgehead atoms. The first-order valence-corrected chi connectivity index (χ1v) is 16.1. The van der Waals surface area contributed by atoms with Crippen LogP contribution in [0.4, 0.5) is 0 Å².